The Labute approximate surface area is 150 Å². The van der Waals surface area contributed by atoms with Gasteiger partial charge in [-0.15, -0.1) is 0 Å². The molecule has 2 aromatic carbocycles. The Hall–Kier alpha value is -2.73. The highest BCUT2D eigenvalue weighted by Crippen LogP contribution is 2.31. The third-order valence-corrected chi connectivity index (χ3v) is 3.81. The van der Waals surface area contributed by atoms with Crippen LogP contribution < -0.4 is 19.9 Å². The highest BCUT2D eigenvalue weighted by atomic mass is 35.5. The van der Waals surface area contributed by atoms with Crippen LogP contribution in [-0.4, -0.2) is 26.1 Å². The third-order valence-electron chi connectivity index (χ3n) is 3.57. The third kappa shape index (κ3) is 4.87. The molecular formula is C18H17ClNO5-. The van der Waals surface area contributed by atoms with Crippen molar-refractivity contribution in [3.63, 3.8) is 0 Å². The molecule has 0 aliphatic carbocycles. The van der Waals surface area contributed by atoms with Crippen molar-refractivity contribution in [1.82, 2.24) is 5.32 Å². The van der Waals surface area contributed by atoms with Gasteiger partial charge >= 0.3 is 0 Å². The van der Waals surface area contributed by atoms with Crippen molar-refractivity contribution in [3.05, 3.63) is 58.6 Å². The normalized spacial score (nSPS) is 11.5. The number of hydrogen-bond acceptors (Lipinski definition) is 5. The number of methoxy groups -OCH3 is 2. The van der Waals surface area contributed by atoms with E-state index < -0.39 is 17.9 Å². The number of amides is 1. The van der Waals surface area contributed by atoms with E-state index in [1.165, 1.54) is 20.3 Å². The number of carbonyl (C=O) groups is 2. The number of hydrogen-bond donors (Lipinski definition) is 1. The summed E-state index contributed by atoms with van der Waals surface area (Å²) in [5.74, 6) is -0.797. The summed E-state index contributed by atoms with van der Waals surface area (Å²) in [6.45, 7) is 0. The van der Waals surface area contributed by atoms with E-state index in [-0.39, 0.29) is 6.42 Å². The average Bonchev–Trinajstić information content (AvgIpc) is 2.60. The van der Waals surface area contributed by atoms with Crippen LogP contribution in [0.1, 0.15) is 28.4 Å². The standard InChI is InChI=1S/C18H18ClNO5/c1-24-15-7-6-11(9-16(15)25-2)14(10-17(21)22)20-18(23)12-4-3-5-13(19)8-12/h3-9,14H,10H2,1-2H3,(H,20,23)(H,21,22)/p-1/t14-/m1/s1. The number of benzene rings is 2. The first-order valence-electron chi connectivity index (χ1n) is 7.42. The number of carboxylic acid groups (broad SMARTS) is 1. The second-order valence-corrected chi connectivity index (χ2v) is 5.66. The molecule has 0 aromatic heterocycles. The quantitative estimate of drug-likeness (QED) is 0.813. The van der Waals surface area contributed by atoms with Crippen LogP contribution in [0, 0.1) is 0 Å². The molecule has 0 aliphatic rings. The van der Waals surface area contributed by atoms with Crippen molar-refractivity contribution in [2.75, 3.05) is 14.2 Å². The second kappa shape index (κ2) is 8.39. The highest BCUT2D eigenvalue weighted by molar-refractivity contribution is 6.30. The van der Waals surface area contributed by atoms with Crippen LogP contribution in [-0.2, 0) is 4.79 Å². The summed E-state index contributed by atoms with van der Waals surface area (Å²) in [6.07, 6.45) is -0.387. The lowest BCUT2D eigenvalue weighted by atomic mass is 10.0. The zero-order valence-corrected chi connectivity index (χ0v) is 14.5. The van der Waals surface area contributed by atoms with Gasteiger partial charge in [0.25, 0.3) is 5.91 Å². The van der Waals surface area contributed by atoms with Gasteiger partial charge in [0.2, 0.25) is 0 Å². The van der Waals surface area contributed by atoms with E-state index in [9.17, 15) is 14.7 Å². The lowest BCUT2D eigenvalue weighted by Crippen LogP contribution is -2.34. The van der Waals surface area contributed by atoms with Crippen LogP contribution in [0.25, 0.3) is 0 Å². The molecule has 0 aliphatic heterocycles. The molecule has 25 heavy (non-hydrogen) atoms. The second-order valence-electron chi connectivity index (χ2n) is 5.23. The molecule has 132 valence electrons. The van der Waals surface area contributed by atoms with Gasteiger partial charge in [0.1, 0.15) is 0 Å². The SMILES string of the molecule is COc1ccc([C@@H](CC(=O)[O-])NC(=O)c2cccc(Cl)c2)cc1OC. The number of carboxylic acids is 1. The summed E-state index contributed by atoms with van der Waals surface area (Å²) in [4.78, 5) is 23.5. The molecular weight excluding hydrogens is 346 g/mol. The van der Waals surface area contributed by atoms with Gasteiger partial charge in [-0.1, -0.05) is 23.7 Å². The van der Waals surface area contributed by atoms with Gasteiger partial charge in [0.05, 0.1) is 20.3 Å². The molecule has 0 saturated carbocycles. The minimum Gasteiger partial charge on any atom is -0.550 e. The molecule has 2 aromatic rings. The molecule has 1 amide bonds. The van der Waals surface area contributed by atoms with E-state index in [1.807, 2.05) is 0 Å². The molecule has 0 radical (unpaired) electrons. The number of aliphatic carboxylic acids is 1. The largest absolute Gasteiger partial charge is 0.550 e. The Morgan fingerprint density at radius 2 is 1.84 bits per heavy atom. The van der Waals surface area contributed by atoms with Crippen LogP contribution in [0.2, 0.25) is 5.02 Å². The first-order valence-corrected chi connectivity index (χ1v) is 7.80. The number of carbonyl (C=O) groups excluding carboxylic acids is 2. The van der Waals surface area contributed by atoms with Gasteiger partial charge < -0.3 is 24.7 Å². The zero-order valence-electron chi connectivity index (χ0n) is 13.7. The predicted molar refractivity (Wildman–Crippen MR) is 90.8 cm³/mol. The lowest BCUT2D eigenvalue weighted by molar-refractivity contribution is -0.306. The first kappa shape index (κ1) is 18.6. The van der Waals surface area contributed by atoms with Crippen molar-refractivity contribution in [2.45, 2.75) is 12.5 Å². The number of nitrogens with one attached hydrogen (secondary N) is 1. The van der Waals surface area contributed by atoms with E-state index in [0.29, 0.717) is 27.6 Å². The predicted octanol–water partition coefficient (Wildman–Crippen LogP) is 1.97. The fraction of sp³-hybridized carbons (Fsp3) is 0.222. The van der Waals surface area contributed by atoms with Gasteiger partial charge in [-0.05, 0) is 35.9 Å². The fourth-order valence-electron chi connectivity index (χ4n) is 2.36. The number of halogens is 1. The van der Waals surface area contributed by atoms with Gasteiger partial charge in [0.15, 0.2) is 11.5 Å². The maximum atomic E-state index is 12.4. The van der Waals surface area contributed by atoms with Gasteiger partial charge in [-0.3, -0.25) is 4.79 Å². The molecule has 0 unspecified atom stereocenters. The van der Waals surface area contributed by atoms with Crippen LogP contribution >= 0.6 is 11.6 Å². The molecule has 7 heteroatoms. The van der Waals surface area contributed by atoms with Crippen LogP contribution in [0.5, 0.6) is 11.5 Å². The molecule has 0 heterocycles. The lowest BCUT2D eigenvalue weighted by Gasteiger charge is -2.21. The van der Waals surface area contributed by atoms with Crippen molar-refractivity contribution in [3.8, 4) is 11.5 Å². The molecule has 0 saturated heterocycles. The van der Waals surface area contributed by atoms with Crippen molar-refractivity contribution < 1.29 is 24.2 Å². The molecule has 0 bridgehead atoms. The summed E-state index contributed by atoms with van der Waals surface area (Å²) in [5.41, 5.74) is 0.883. The van der Waals surface area contributed by atoms with Gasteiger partial charge in [-0.2, -0.15) is 0 Å². The fourth-order valence-corrected chi connectivity index (χ4v) is 2.55. The molecule has 0 fully saturated rings. The van der Waals surface area contributed by atoms with Crippen molar-refractivity contribution in [1.29, 1.82) is 0 Å². The molecule has 6 nitrogen and oxygen atoms in total. The van der Waals surface area contributed by atoms with Gasteiger partial charge in [0, 0.05) is 23.0 Å². The van der Waals surface area contributed by atoms with E-state index in [2.05, 4.69) is 5.32 Å². The van der Waals surface area contributed by atoms with Gasteiger partial charge in [-0.25, -0.2) is 0 Å². The summed E-state index contributed by atoms with van der Waals surface area (Å²) in [5, 5.41) is 14.2. The topological polar surface area (TPSA) is 87.7 Å². The van der Waals surface area contributed by atoms with Crippen molar-refractivity contribution in [2.24, 2.45) is 0 Å². The van der Waals surface area contributed by atoms with Crippen LogP contribution in [0.15, 0.2) is 42.5 Å². The van der Waals surface area contributed by atoms with Crippen LogP contribution in [0.4, 0.5) is 0 Å². The maximum absolute atomic E-state index is 12.4. The minimum atomic E-state index is -1.29. The smallest absolute Gasteiger partial charge is 0.251 e. The molecule has 0 spiro atoms. The summed E-state index contributed by atoms with van der Waals surface area (Å²) < 4.78 is 10.4. The van der Waals surface area contributed by atoms with Crippen LogP contribution in [0.3, 0.4) is 0 Å². The Bertz CT molecular complexity index is 778. The Kier molecular flexibility index (Phi) is 6.25. The summed E-state index contributed by atoms with van der Waals surface area (Å²) in [7, 11) is 2.97. The Balaban J connectivity index is 2.30. The molecule has 1 atom stereocenters. The summed E-state index contributed by atoms with van der Waals surface area (Å²) in [6, 6.07) is 10.5. The summed E-state index contributed by atoms with van der Waals surface area (Å²) >= 11 is 5.89. The zero-order chi connectivity index (χ0) is 18.4. The van der Waals surface area contributed by atoms with E-state index in [1.54, 1.807) is 36.4 Å². The molecule has 1 N–H and O–H groups in total. The average molecular weight is 363 g/mol. The van der Waals surface area contributed by atoms with E-state index in [0.717, 1.165) is 0 Å². The number of rotatable bonds is 7. The monoisotopic (exact) mass is 362 g/mol. The van der Waals surface area contributed by atoms with Crippen molar-refractivity contribution >= 4 is 23.5 Å². The Morgan fingerprint density at radius 1 is 1.12 bits per heavy atom. The molecule has 2 rings (SSSR count). The Morgan fingerprint density at radius 3 is 2.44 bits per heavy atom. The minimum absolute atomic E-state index is 0.330. The van der Waals surface area contributed by atoms with E-state index >= 15 is 0 Å². The number of ether oxygens (including phenoxy) is 2. The first-order chi connectivity index (χ1) is 11.9. The maximum Gasteiger partial charge on any atom is 0.251 e. The van der Waals surface area contributed by atoms with E-state index in [4.69, 9.17) is 21.1 Å². The highest BCUT2D eigenvalue weighted by Gasteiger charge is 2.18.